The van der Waals surface area contributed by atoms with E-state index in [0.29, 0.717) is 22.0 Å². The van der Waals surface area contributed by atoms with Crippen LogP contribution in [0.1, 0.15) is 33.5 Å². The van der Waals surface area contributed by atoms with E-state index in [1.165, 1.54) is 28.1 Å². The molecule has 0 saturated carbocycles. The molecule has 4 aromatic carbocycles. The summed E-state index contributed by atoms with van der Waals surface area (Å²) >= 11 is 1.35. The number of hydrogen-bond acceptors (Lipinski definition) is 5. The van der Waals surface area contributed by atoms with Crippen LogP contribution in [0.3, 0.4) is 0 Å². The summed E-state index contributed by atoms with van der Waals surface area (Å²) in [5, 5.41) is 15.9. The van der Waals surface area contributed by atoms with Crippen molar-refractivity contribution in [2.75, 3.05) is 17.7 Å². The molecule has 0 aromatic heterocycles. The van der Waals surface area contributed by atoms with Crippen LogP contribution in [0.25, 0.3) is 10.8 Å². The molecule has 36 heavy (non-hydrogen) atoms. The molecule has 6 heteroatoms. The normalized spacial score (nSPS) is 13.2. The van der Waals surface area contributed by atoms with Crippen LogP contribution in [0.2, 0.25) is 0 Å². The zero-order chi connectivity index (χ0) is 24.9. The molecular formula is C30H26N4OS. The summed E-state index contributed by atoms with van der Waals surface area (Å²) in [4.78, 5) is 19.7. The molecule has 1 aliphatic heterocycles. The van der Waals surface area contributed by atoms with Gasteiger partial charge in [-0.05, 0) is 65.3 Å². The lowest BCUT2D eigenvalue weighted by Gasteiger charge is -2.32. The summed E-state index contributed by atoms with van der Waals surface area (Å²) in [6, 6.07) is 30.3. The summed E-state index contributed by atoms with van der Waals surface area (Å²) in [7, 11) is 0. The molecule has 4 aromatic rings. The van der Waals surface area contributed by atoms with Crippen LogP contribution in [0, 0.1) is 11.3 Å². The average molecular weight is 491 g/mol. The van der Waals surface area contributed by atoms with Gasteiger partial charge in [-0.1, -0.05) is 72.4 Å². The van der Waals surface area contributed by atoms with E-state index in [1.54, 1.807) is 12.1 Å². The number of thioether (sulfide) groups is 1. The minimum Gasteiger partial charge on any atom is -0.367 e. The number of hydrogen-bond donors (Lipinski definition) is 1. The fourth-order valence-corrected chi connectivity index (χ4v) is 5.14. The van der Waals surface area contributed by atoms with Gasteiger partial charge < -0.3 is 10.2 Å². The van der Waals surface area contributed by atoms with Gasteiger partial charge in [-0.2, -0.15) is 5.26 Å². The Hall–Kier alpha value is -4.08. The summed E-state index contributed by atoms with van der Waals surface area (Å²) in [6.07, 6.45) is 3.67. The van der Waals surface area contributed by atoms with Crippen LogP contribution < -0.4 is 10.2 Å². The van der Waals surface area contributed by atoms with Gasteiger partial charge in [0.05, 0.1) is 11.3 Å². The molecule has 0 unspecified atom stereocenters. The van der Waals surface area contributed by atoms with E-state index in [2.05, 4.69) is 69.8 Å². The number of carbonyl (C=O) groups excluding carboxylic acids is 1. The van der Waals surface area contributed by atoms with E-state index in [0.717, 1.165) is 37.2 Å². The van der Waals surface area contributed by atoms with Crippen molar-refractivity contribution in [3.8, 4) is 6.07 Å². The molecule has 0 atom stereocenters. The van der Waals surface area contributed by atoms with E-state index in [9.17, 15) is 10.1 Å². The Labute approximate surface area is 215 Å². The molecule has 1 heterocycles. The Morgan fingerprint density at radius 1 is 1.03 bits per heavy atom. The summed E-state index contributed by atoms with van der Waals surface area (Å²) in [5.74, 6) is -0.221. The minimum atomic E-state index is -0.221. The number of benzene rings is 4. The molecule has 0 fully saturated rings. The fraction of sp³-hybridized carbons (Fsp3) is 0.167. The highest BCUT2D eigenvalue weighted by atomic mass is 32.2. The third-order valence-corrected chi connectivity index (χ3v) is 7.07. The van der Waals surface area contributed by atoms with Crippen LogP contribution in [0.15, 0.2) is 89.9 Å². The highest BCUT2D eigenvalue weighted by Crippen LogP contribution is 2.36. The number of nitrogens with zero attached hydrogens (tertiary/aromatic N) is 3. The van der Waals surface area contributed by atoms with Gasteiger partial charge in [-0.25, -0.2) is 4.99 Å². The SMILES string of the molecule is CSC(=Nc1ccc2c(c1C#N)CCCN2Cc1cccc2ccccc12)NC(=O)c1ccccc1. The summed E-state index contributed by atoms with van der Waals surface area (Å²) in [6.45, 7) is 1.72. The van der Waals surface area contributed by atoms with E-state index < -0.39 is 0 Å². The highest BCUT2D eigenvalue weighted by Gasteiger charge is 2.23. The number of rotatable bonds is 4. The maximum atomic E-state index is 12.6. The molecule has 0 bridgehead atoms. The highest BCUT2D eigenvalue weighted by molar-refractivity contribution is 8.13. The zero-order valence-corrected chi connectivity index (χ0v) is 20.9. The average Bonchev–Trinajstić information content (AvgIpc) is 2.93. The van der Waals surface area contributed by atoms with Crippen molar-refractivity contribution in [1.29, 1.82) is 5.26 Å². The second-order valence-corrected chi connectivity index (χ2v) is 9.47. The van der Waals surface area contributed by atoms with Crippen molar-refractivity contribution in [2.45, 2.75) is 19.4 Å². The van der Waals surface area contributed by atoms with Crippen molar-refractivity contribution in [3.63, 3.8) is 0 Å². The van der Waals surface area contributed by atoms with Gasteiger partial charge >= 0.3 is 0 Å². The molecule has 1 N–H and O–H groups in total. The minimum absolute atomic E-state index is 0.221. The lowest BCUT2D eigenvalue weighted by molar-refractivity contribution is 0.0978. The van der Waals surface area contributed by atoms with E-state index in [4.69, 9.17) is 0 Å². The summed E-state index contributed by atoms with van der Waals surface area (Å²) in [5.41, 5.74) is 5.12. The molecule has 5 rings (SSSR count). The standard InChI is InChI=1S/C30H26N4OS/c1-36-30(33-29(35)22-10-3-2-4-11-22)32-27-16-17-28-25(26(27)19-31)15-8-18-34(28)20-23-13-7-12-21-9-5-6-14-24(21)23/h2-7,9-14,16-17H,8,15,18,20H2,1H3,(H,32,33,35). The molecular weight excluding hydrogens is 464 g/mol. The Bertz CT molecular complexity index is 1490. The third-order valence-electron chi connectivity index (χ3n) is 6.49. The molecule has 5 nitrogen and oxygen atoms in total. The van der Waals surface area contributed by atoms with Gasteiger partial charge in [0.1, 0.15) is 6.07 Å². The van der Waals surface area contributed by atoms with E-state index in [-0.39, 0.29) is 5.91 Å². The van der Waals surface area contributed by atoms with Gasteiger partial charge in [-0.3, -0.25) is 4.79 Å². The van der Waals surface area contributed by atoms with Crippen molar-refractivity contribution in [2.24, 2.45) is 4.99 Å². The first kappa shape index (κ1) is 23.7. The van der Waals surface area contributed by atoms with Gasteiger partial charge in [0.25, 0.3) is 5.91 Å². The first-order chi connectivity index (χ1) is 17.7. The second-order valence-electron chi connectivity index (χ2n) is 8.67. The first-order valence-electron chi connectivity index (χ1n) is 11.9. The number of aliphatic imine (C=N–C) groups is 1. The van der Waals surface area contributed by atoms with Gasteiger partial charge in [0.2, 0.25) is 0 Å². The lowest BCUT2D eigenvalue weighted by Crippen LogP contribution is -2.29. The van der Waals surface area contributed by atoms with Crippen LogP contribution in [0.5, 0.6) is 0 Å². The van der Waals surface area contributed by atoms with Crippen LogP contribution in [-0.4, -0.2) is 23.9 Å². The molecule has 0 saturated heterocycles. The Morgan fingerprint density at radius 2 is 1.81 bits per heavy atom. The van der Waals surface area contributed by atoms with Crippen LogP contribution in [0.4, 0.5) is 11.4 Å². The number of fused-ring (bicyclic) bond motifs is 2. The molecule has 178 valence electrons. The topological polar surface area (TPSA) is 68.5 Å². The Morgan fingerprint density at radius 3 is 2.61 bits per heavy atom. The van der Waals surface area contributed by atoms with E-state index in [1.807, 2.05) is 30.5 Å². The number of carbonyl (C=O) groups is 1. The fourth-order valence-electron chi connectivity index (χ4n) is 4.75. The molecule has 1 aliphatic rings. The maximum absolute atomic E-state index is 12.6. The van der Waals surface area contributed by atoms with Gasteiger partial charge in [0, 0.05) is 24.3 Å². The van der Waals surface area contributed by atoms with Gasteiger partial charge in [-0.15, -0.1) is 0 Å². The Balaban J connectivity index is 1.45. The predicted molar refractivity (Wildman–Crippen MR) is 149 cm³/mol. The largest absolute Gasteiger partial charge is 0.367 e. The number of amidine groups is 1. The quantitative estimate of drug-likeness (QED) is 0.264. The van der Waals surface area contributed by atoms with Crippen LogP contribution in [-0.2, 0) is 13.0 Å². The van der Waals surface area contributed by atoms with Crippen LogP contribution >= 0.6 is 11.8 Å². The van der Waals surface area contributed by atoms with Crippen molar-refractivity contribution in [1.82, 2.24) is 5.32 Å². The second kappa shape index (κ2) is 10.7. The van der Waals surface area contributed by atoms with Crippen molar-refractivity contribution in [3.05, 3.63) is 107 Å². The lowest BCUT2D eigenvalue weighted by atomic mass is 9.94. The molecule has 0 spiro atoms. The number of nitrogens with one attached hydrogen (secondary N) is 1. The zero-order valence-electron chi connectivity index (χ0n) is 20.1. The van der Waals surface area contributed by atoms with Crippen molar-refractivity contribution < 1.29 is 4.79 Å². The molecule has 0 aliphatic carbocycles. The van der Waals surface area contributed by atoms with Crippen molar-refractivity contribution >= 4 is 45.0 Å². The number of nitriles is 1. The van der Waals surface area contributed by atoms with Gasteiger partial charge in [0.15, 0.2) is 5.17 Å². The number of anilines is 1. The number of amides is 1. The summed E-state index contributed by atoms with van der Waals surface area (Å²) < 4.78 is 0. The monoisotopic (exact) mass is 490 g/mol. The smallest absolute Gasteiger partial charge is 0.257 e. The predicted octanol–water partition coefficient (Wildman–Crippen LogP) is 6.44. The van der Waals surface area contributed by atoms with E-state index >= 15 is 0 Å². The Kier molecular flexibility index (Phi) is 7.01. The third kappa shape index (κ3) is 4.84. The first-order valence-corrected chi connectivity index (χ1v) is 13.2. The molecule has 1 amide bonds. The molecule has 0 radical (unpaired) electrons. The maximum Gasteiger partial charge on any atom is 0.257 e.